The van der Waals surface area contributed by atoms with Crippen LogP contribution in [0, 0.1) is 19.8 Å². The molecule has 4 rings (SSSR count). The second-order valence-corrected chi connectivity index (χ2v) is 6.44. The number of aromatic nitrogens is 4. The van der Waals surface area contributed by atoms with Crippen LogP contribution >= 0.6 is 0 Å². The highest BCUT2D eigenvalue weighted by Crippen LogP contribution is 2.38. The lowest BCUT2D eigenvalue weighted by atomic mass is 10.2. The molecule has 1 amide bonds. The van der Waals surface area contributed by atoms with Crippen LogP contribution in [0.5, 0.6) is 0 Å². The van der Waals surface area contributed by atoms with Gasteiger partial charge in [0.15, 0.2) is 5.65 Å². The van der Waals surface area contributed by atoms with Crippen LogP contribution in [0.15, 0.2) is 27.9 Å². The molecule has 1 aliphatic rings. The van der Waals surface area contributed by atoms with Crippen LogP contribution in [-0.4, -0.2) is 37.4 Å². The molecule has 0 atom stereocenters. The zero-order valence-electron chi connectivity index (χ0n) is 14.4. The Bertz CT molecular complexity index is 1080. The first kappa shape index (κ1) is 17.4. The van der Waals surface area contributed by atoms with Crippen molar-refractivity contribution in [3.8, 4) is 11.6 Å². The number of rotatable bonds is 3. The fourth-order valence-electron chi connectivity index (χ4n) is 2.76. The van der Waals surface area contributed by atoms with Crippen molar-refractivity contribution in [1.29, 1.82) is 0 Å². The third-order valence-electron chi connectivity index (χ3n) is 4.19. The summed E-state index contributed by atoms with van der Waals surface area (Å²) in [6.07, 6.45) is -1.25. The zero-order valence-corrected chi connectivity index (χ0v) is 14.4. The molecular weight excluding hydrogens is 363 g/mol. The molecule has 3 aromatic heterocycles. The number of alkyl halides is 3. The van der Waals surface area contributed by atoms with Crippen molar-refractivity contribution >= 4 is 17.3 Å². The van der Waals surface area contributed by atoms with Crippen molar-refractivity contribution in [1.82, 2.24) is 19.6 Å². The molecule has 7 nitrogen and oxygen atoms in total. The Kier molecular flexibility index (Phi) is 3.86. The van der Waals surface area contributed by atoms with Crippen LogP contribution in [0.25, 0.3) is 17.2 Å². The number of halogens is 3. The molecule has 0 aliphatic heterocycles. The van der Waals surface area contributed by atoms with E-state index in [2.05, 4.69) is 20.1 Å². The summed E-state index contributed by atoms with van der Waals surface area (Å²) in [6, 6.07) is 1.66. The number of hydrogen-bond donors (Lipinski definition) is 0. The summed E-state index contributed by atoms with van der Waals surface area (Å²) in [5, 5.41) is 4.04. The predicted molar refractivity (Wildman–Crippen MR) is 88.5 cm³/mol. The van der Waals surface area contributed by atoms with Gasteiger partial charge in [0.05, 0.1) is 11.9 Å². The van der Waals surface area contributed by atoms with E-state index in [1.807, 2.05) is 0 Å². The third-order valence-corrected chi connectivity index (χ3v) is 4.19. The number of oxazole rings is 1. The largest absolute Gasteiger partial charge is 0.443 e. The van der Waals surface area contributed by atoms with E-state index < -0.39 is 23.7 Å². The average molecular weight is 377 g/mol. The molecule has 1 saturated carbocycles. The molecule has 1 fully saturated rings. The Labute approximate surface area is 150 Å². The monoisotopic (exact) mass is 377 g/mol. The van der Waals surface area contributed by atoms with Crippen LogP contribution in [0.2, 0.25) is 0 Å². The van der Waals surface area contributed by atoms with Crippen molar-refractivity contribution in [2.45, 2.75) is 32.9 Å². The number of aryl methyl sites for hydroxylation is 2. The van der Waals surface area contributed by atoms with Crippen molar-refractivity contribution in [3.05, 3.63) is 35.5 Å². The standard InChI is InChI=1S/C17H14F3N5O2/c1-8-7-27-16(22-8)12-5-9(2)25-14(23-12)11(6-21-25)15(26)24-13(10-3-4-10)17(18,19)20/h5-7,10H,3-4H2,1-2H3. The van der Waals surface area contributed by atoms with Gasteiger partial charge >= 0.3 is 6.18 Å². The molecule has 3 heterocycles. The molecule has 0 N–H and O–H groups in total. The number of aliphatic imine (C=N–C) groups is 1. The van der Waals surface area contributed by atoms with E-state index in [1.165, 1.54) is 17.0 Å². The normalized spacial score (nSPS) is 15.5. The van der Waals surface area contributed by atoms with Gasteiger partial charge in [0.25, 0.3) is 5.91 Å². The van der Waals surface area contributed by atoms with Crippen LogP contribution in [-0.2, 0) is 0 Å². The van der Waals surface area contributed by atoms with E-state index in [-0.39, 0.29) is 17.1 Å². The number of carbonyl (C=O) groups is 1. The highest BCUT2D eigenvalue weighted by atomic mass is 19.4. The fourth-order valence-corrected chi connectivity index (χ4v) is 2.76. The van der Waals surface area contributed by atoms with E-state index >= 15 is 0 Å². The fraction of sp³-hybridized carbons (Fsp3) is 0.353. The van der Waals surface area contributed by atoms with Crippen molar-refractivity contribution in [3.63, 3.8) is 0 Å². The predicted octanol–water partition coefficient (Wildman–Crippen LogP) is 3.55. The molecule has 0 unspecified atom stereocenters. The number of hydrogen-bond acceptors (Lipinski definition) is 5. The molecule has 10 heteroatoms. The van der Waals surface area contributed by atoms with Crippen LogP contribution < -0.4 is 0 Å². The minimum absolute atomic E-state index is 0.104. The maximum absolute atomic E-state index is 13.1. The Morgan fingerprint density at radius 3 is 2.63 bits per heavy atom. The topological polar surface area (TPSA) is 85.7 Å². The van der Waals surface area contributed by atoms with Crippen LogP contribution in [0.1, 0.15) is 34.6 Å². The van der Waals surface area contributed by atoms with Gasteiger partial charge in [-0.15, -0.1) is 0 Å². The number of nitrogens with zero attached hydrogens (tertiary/aromatic N) is 5. The highest BCUT2D eigenvalue weighted by molar-refractivity contribution is 6.09. The number of carbonyl (C=O) groups excluding carboxylic acids is 1. The summed E-state index contributed by atoms with van der Waals surface area (Å²) in [7, 11) is 0. The van der Waals surface area contributed by atoms with Gasteiger partial charge in [0, 0.05) is 11.6 Å². The zero-order chi connectivity index (χ0) is 19.3. The molecule has 140 valence electrons. The molecule has 0 aromatic carbocycles. The lowest BCUT2D eigenvalue weighted by Crippen LogP contribution is -2.26. The maximum Gasteiger partial charge on any atom is 0.429 e. The molecule has 0 radical (unpaired) electrons. The smallest absolute Gasteiger partial charge is 0.429 e. The molecule has 0 bridgehead atoms. The Morgan fingerprint density at radius 1 is 1.30 bits per heavy atom. The van der Waals surface area contributed by atoms with E-state index in [1.54, 1.807) is 19.9 Å². The number of amides is 1. The van der Waals surface area contributed by atoms with Gasteiger partial charge in [-0.1, -0.05) is 0 Å². The number of fused-ring (bicyclic) bond motifs is 1. The molecular formula is C17H14F3N5O2. The van der Waals surface area contributed by atoms with Gasteiger partial charge < -0.3 is 4.42 Å². The first-order valence-electron chi connectivity index (χ1n) is 8.22. The molecule has 27 heavy (non-hydrogen) atoms. The Balaban J connectivity index is 1.80. The van der Waals surface area contributed by atoms with Crippen molar-refractivity contribution < 1.29 is 22.4 Å². The summed E-state index contributed by atoms with van der Waals surface area (Å²) < 4.78 is 46.1. The van der Waals surface area contributed by atoms with Gasteiger partial charge in [-0.05, 0) is 32.8 Å². The van der Waals surface area contributed by atoms with Crippen LogP contribution in [0.4, 0.5) is 13.2 Å². The quantitative estimate of drug-likeness (QED) is 0.652. The van der Waals surface area contributed by atoms with E-state index in [9.17, 15) is 18.0 Å². The van der Waals surface area contributed by atoms with Gasteiger partial charge in [0.2, 0.25) is 5.89 Å². The van der Waals surface area contributed by atoms with Gasteiger partial charge in [-0.25, -0.2) is 19.5 Å². The Morgan fingerprint density at radius 2 is 2.04 bits per heavy atom. The molecule has 3 aromatic rings. The van der Waals surface area contributed by atoms with Crippen LogP contribution in [0.3, 0.4) is 0 Å². The average Bonchev–Trinajstić information content (AvgIpc) is 3.17. The first-order valence-corrected chi connectivity index (χ1v) is 8.22. The second-order valence-electron chi connectivity index (χ2n) is 6.44. The summed E-state index contributed by atoms with van der Waals surface area (Å²) in [5.41, 5.74) is 0.579. The van der Waals surface area contributed by atoms with Gasteiger partial charge in [-0.2, -0.15) is 18.3 Å². The summed E-state index contributed by atoms with van der Waals surface area (Å²) in [5.74, 6) is -1.48. The summed E-state index contributed by atoms with van der Waals surface area (Å²) in [4.78, 5) is 24.3. The minimum atomic E-state index is -4.64. The lowest BCUT2D eigenvalue weighted by molar-refractivity contribution is -0.0613. The molecule has 0 spiro atoms. The second kappa shape index (κ2) is 6.00. The molecule has 1 aliphatic carbocycles. The molecule has 0 saturated heterocycles. The SMILES string of the molecule is Cc1coc(-c2cc(C)n3ncc(C(=O)N=C(C4CC4)C(F)(F)F)c3n2)n1. The minimum Gasteiger partial charge on any atom is -0.443 e. The van der Waals surface area contributed by atoms with E-state index in [0.29, 0.717) is 29.9 Å². The third kappa shape index (κ3) is 3.22. The highest BCUT2D eigenvalue weighted by Gasteiger charge is 2.45. The van der Waals surface area contributed by atoms with Gasteiger partial charge in [0.1, 0.15) is 23.2 Å². The maximum atomic E-state index is 13.1. The van der Waals surface area contributed by atoms with Crippen molar-refractivity contribution in [2.75, 3.05) is 0 Å². The lowest BCUT2D eigenvalue weighted by Gasteiger charge is -2.08. The summed E-state index contributed by atoms with van der Waals surface area (Å²) in [6.45, 7) is 3.47. The van der Waals surface area contributed by atoms with Gasteiger partial charge in [-0.3, -0.25) is 4.79 Å². The van der Waals surface area contributed by atoms with E-state index in [4.69, 9.17) is 4.42 Å². The Hall–Kier alpha value is -3.04. The van der Waals surface area contributed by atoms with E-state index in [0.717, 1.165) is 0 Å². The first-order chi connectivity index (χ1) is 12.7. The summed E-state index contributed by atoms with van der Waals surface area (Å²) >= 11 is 0. The van der Waals surface area contributed by atoms with Crippen molar-refractivity contribution in [2.24, 2.45) is 10.9 Å².